The molecular weight excluding hydrogens is 316 g/mol. The van der Waals surface area contributed by atoms with Crippen LogP contribution in [-0.4, -0.2) is 44.3 Å². The van der Waals surface area contributed by atoms with E-state index in [9.17, 15) is 0 Å². The fraction of sp³-hybridized carbons (Fsp3) is 0.625. The molecule has 1 N–H and O–H groups in total. The summed E-state index contributed by atoms with van der Waals surface area (Å²) >= 11 is 3.55. The molecule has 112 valence electrons. The fourth-order valence-corrected chi connectivity index (χ4v) is 3.42. The van der Waals surface area contributed by atoms with Crippen LogP contribution in [0.2, 0.25) is 0 Å². The zero-order valence-corrected chi connectivity index (χ0v) is 14.2. The maximum absolute atomic E-state index is 5.66. The van der Waals surface area contributed by atoms with Gasteiger partial charge in [0.25, 0.3) is 0 Å². The van der Waals surface area contributed by atoms with Gasteiger partial charge in [0.15, 0.2) is 0 Å². The lowest BCUT2D eigenvalue weighted by atomic mass is 10.0. The molecule has 1 aromatic carbocycles. The third kappa shape index (κ3) is 4.04. The molecule has 0 aliphatic carbocycles. The highest BCUT2D eigenvalue weighted by molar-refractivity contribution is 9.10. The Hall–Kier alpha value is -0.420. The number of likely N-dealkylation sites (N-methyl/N-ethyl adjacent to an activating group) is 1. The van der Waals surface area contributed by atoms with Crippen LogP contribution in [0.3, 0.4) is 0 Å². The van der Waals surface area contributed by atoms with Crippen LogP contribution in [-0.2, 0) is 4.74 Å². The number of ether oxygens (including phenoxy) is 1. The molecule has 3 nitrogen and oxygen atoms in total. The number of nitrogens with one attached hydrogen (secondary N) is 1. The maximum Gasteiger partial charge on any atom is 0.0702 e. The molecule has 1 saturated heterocycles. The summed E-state index contributed by atoms with van der Waals surface area (Å²) in [5.74, 6) is 0. The van der Waals surface area contributed by atoms with E-state index in [0.29, 0.717) is 18.2 Å². The second kappa shape index (κ2) is 7.55. The van der Waals surface area contributed by atoms with Gasteiger partial charge in [0.05, 0.1) is 6.10 Å². The van der Waals surface area contributed by atoms with E-state index < -0.39 is 0 Å². The molecule has 1 fully saturated rings. The van der Waals surface area contributed by atoms with Gasteiger partial charge in [0.1, 0.15) is 0 Å². The largest absolute Gasteiger partial charge is 0.377 e. The molecule has 1 heterocycles. The van der Waals surface area contributed by atoms with Crippen LogP contribution < -0.4 is 5.32 Å². The standard InChI is InChI=1S/C16H25BrN2O/c1-12-16(8-10-20-12)19(3)9-7-15(18-2)13-5-4-6-14(17)11-13/h4-6,11-12,15-16,18H,7-10H2,1-3H3. The van der Waals surface area contributed by atoms with E-state index in [1.54, 1.807) is 0 Å². The predicted octanol–water partition coefficient (Wildman–Crippen LogP) is 3.21. The smallest absolute Gasteiger partial charge is 0.0702 e. The Morgan fingerprint density at radius 1 is 1.50 bits per heavy atom. The second-order valence-corrected chi connectivity index (χ2v) is 6.51. The highest BCUT2D eigenvalue weighted by Crippen LogP contribution is 2.23. The van der Waals surface area contributed by atoms with E-state index in [0.717, 1.165) is 30.5 Å². The molecular formula is C16H25BrN2O. The molecule has 0 bridgehead atoms. The number of hydrogen-bond acceptors (Lipinski definition) is 3. The van der Waals surface area contributed by atoms with E-state index in [4.69, 9.17) is 4.74 Å². The highest BCUT2D eigenvalue weighted by atomic mass is 79.9. The van der Waals surface area contributed by atoms with Crippen molar-refractivity contribution in [2.24, 2.45) is 0 Å². The maximum atomic E-state index is 5.66. The summed E-state index contributed by atoms with van der Waals surface area (Å²) in [6.07, 6.45) is 2.62. The zero-order chi connectivity index (χ0) is 14.5. The van der Waals surface area contributed by atoms with Crippen LogP contribution in [0.4, 0.5) is 0 Å². The van der Waals surface area contributed by atoms with Crippen molar-refractivity contribution in [1.82, 2.24) is 10.2 Å². The van der Waals surface area contributed by atoms with Gasteiger partial charge in [-0.25, -0.2) is 0 Å². The second-order valence-electron chi connectivity index (χ2n) is 5.60. The molecule has 0 spiro atoms. The Labute approximate surface area is 130 Å². The molecule has 4 heteroatoms. The molecule has 1 aromatic rings. The Morgan fingerprint density at radius 2 is 2.30 bits per heavy atom. The number of nitrogens with zero attached hydrogens (tertiary/aromatic N) is 1. The normalized spacial score (nSPS) is 24.2. The number of benzene rings is 1. The first-order valence-electron chi connectivity index (χ1n) is 7.36. The highest BCUT2D eigenvalue weighted by Gasteiger charge is 2.27. The lowest BCUT2D eigenvalue weighted by molar-refractivity contribution is 0.0824. The average Bonchev–Trinajstić information content (AvgIpc) is 2.85. The summed E-state index contributed by atoms with van der Waals surface area (Å²) in [5, 5.41) is 3.42. The van der Waals surface area contributed by atoms with E-state index in [1.807, 2.05) is 7.05 Å². The quantitative estimate of drug-likeness (QED) is 0.860. The molecule has 1 aliphatic rings. The van der Waals surface area contributed by atoms with Crippen LogP contribution in [0.25, 0.3) is 0 Å². The zero-order valence-electron chi connectivity index (χ0n) is 12.6. The van der Waals surface area contributed by atoms with Crippen molar-refractivity contribution < 1.29 is 4.74 Å². The summed E-state index contributed by atoms with van der Waals surface area (Å²) < 4.78 is 6.80. The molecule has 3 atom stereocenters. The molecule has 20 heavy (non-hydrogen) atoms. The van der Waals surface area contributed by atoms with Crippen LogP contribution in [0.15, 0.2) is 28.7 Å². The van der Waals surface area contributed by atoms with Gasteiger partial charge in [-0.2, -0.15) is 0 Å². The van der Waals surface area contributed by atoms with E-state index >= 15 is 0 Å². The van der Waals surface area contributed by atoms with Crippen molar-refractivity contribution >= 4 is 15.9 Å². The first-order valence-corrected chi connectivity index (χ1v) is 8.15. The van der Waals surface area contributed by atoms with Crippen molar-refractivity contribution in [3.8, 4) is 0 Å². The summed E-state index contributed by atoms with van der Waals surface area (Å²) in [7, 11) is 4.25. The minimum atomic E-state index is 0.360. The van der Waals surface area contributed by atoms with Gasteiger partial charge in [-0.05, 0) is 51.6 Å². The van der Waals surface area contributed by atoms with Gasteiger partial charge in [-0.1, -0.05) is 28.1 Å². The van der Waals surface area contributed by atoms with Crippen molar-refractivity contribution in [3.63, 3.8) is 0 Å². The van der Waals surface area contributed by atoms with Gasteiger partial charge >= 0.3 is 0 Å². The Balaban J connectivity index is 1.90. The fourth-order valence-electron chi connectivity index (χ4n) is 3.00. The Kier molecular flexibility index (Phi) is 6.02. The van der Waals surface area contributed by atoms with Crippen LogP contribution in [0, 0.1) is 0 Å². The van der Waals surface area contributed by atoms with Crippen molar-refractivity contribution in [2.75, 3.05) is 27.2 Å². The van der Waals surface area contributed by atoms with Gasteiger partial charge in [-0.15, -0.1) is 0 Å². The Bertz CT molecular complexity index is 427. The average molecular weight is 341 g/mol. The van der Waals surface area contributed by atoms with E-state index in [1.165, 1.54) is 5.56 Å². The molecule has 1 aliphatic heterocycles. The molecule has 0 amide bonds. The van der Waals surface area contributed by atoms with Gasteiger partial charge in [-0.3, -0.25) is 0 Å². The monoisotopic (exact) mass is 340 g/mol. The van der Waals surface area contributed by atoms with E-state index in [2.05, 4.69) is 64.4 Å². The summed E-state index contributed by atoms with van der Waals surface area (Å²) in [6, 6.07) is 9.51. The molecule has 2 rings (SSSR count). The molecule has 0 aromatic heterocycles. The van der Waals surface area contributed by atoms with Crippen molar-refractivity contribution in [1.29, 1.82) is 0 Å². The molecule has 0 radical (unpaired) electrons. The van der Waals surface area contributed by atoms with Crippen LogP contribution in [0.5, 0.6) is 0 Å². The van der Waals surface area contributed by atoms with Crippen molar-refractivity contribution in [2.45, 2.75) is 38.0 Å². The van der Waals surface area contributed by atoms with Crippen LogP contribution >= 0.6 is 15.9 Å². The summed E-state index contributed by atoms with van der Waals surface area (Å²) in [5.41, 5.74) is 1.34. The predicted molar refractivity (Wildman–Crippen MR) is 87.0 cm³/mol. The topological polar surface area (TPSA) is 24.5 Å². The SMILES string of the molecule is CNC(CCN(C)C1CCOC1C)c1cccc(Br)c1. The number of halogens is 1. The van der Waals surface area contributed by atoms with Gasteiger partial charge in [0.2, 0.25) is 0 Å². The third-order valence-corrected chi connectivity index (χ3v) is 4.77. The molecule has 3 unspecified atom stereocenters. The third-order valence-electron chi connectivity index (χ3n) is 4.27. The van der Waals surface area contributed by atoms with Crippen LogP contribution in [0.1, 0.15) is 31.4 Å². The Morgan fingerprint density at radius 3 is 2.90 bits per heavy atom. The van der Waals surface area contributed by atoms with E-state index in [-0.39, 0.29) is 0 Å². The molecule has 0 saturated carbocycles. The first kappa shape index (κ1) is 16.0. The first-order chi connectivity index (χ1) is 9.61. The van der Waals surface area contributed by atoms with Gasteiger partial charge < -0.3 is 15.0 Å². The lowest BCUT2D eigenvalue weighted by Gasteiger charge is -2.28. The van der Waals surface area contributed by atoms with Crippen molar-refractivity contribution in [3.05, 3.63) is 34.3 Å². The number of rotatable bonds is 6. The number of hydrogen-bond donors (Lipinski definition) is 1. The summed E-state index contributed by atoms with van der Waals surface area (Å²) in [6.45, 7) is 4.16. The lowest BCUT2D eigenvalue weighted by Crippen LogP contribution is -2.38. The summed E-state index contributed by atoms with van der Waals surface area (Å²) in [4.78, 5) is 2.44. The van der Waals surface area contributed by atoms with Gasteiger partial charge in [0, 0.05) is 29.7 Å². The minimum absolute atomic E-state index is 0.360. The minimum Gasteiger partial charge on any atom is -0.377 e.